The van der Waals surface area contributed by atoms with Gasteiger partial charge in [0.25, 0.3) is 0 Å². The Morgan fingerprint density at radius 1 is 0.850 bits per heavy atom. The van der Waals surface area contributed by atoms with Crippen LogP contribution in [0.4, 0.5) is 0 Å². The van der Waals surface area contributed by atoms with Crippen LogP contribution < -0.4 is 0 Å². The molecule has 0 bridgehead atoms. The Balaban J connectivity index is 0.000000956. The summed E-state index contributed by atoms with van der Waals surface area (Å²) in [4.78, 5) is 4.33. The topological polar surface area (TPSA) is 12.4 Å². The minimum atomic E-state index is 0.0460. The van der Waals surface area contributed by atoms with Crippen LogP contribution in [-0.2, 0) is 0 Å². The molecule has 1 heterocycles. The summed E-state index contributed by atoms with van der Waals surface area (Å²) in [5.74, 6) is 0. The molecule has 0 aromatic carbocycles. The molecule has 0 saturated carbocycles. The first-order valence-electron chi connectivity index (χ1n) is 6.86. The largest absolute Gasteiger partial charge is 0.264 e. The van der Waals surface area contributed by atoms with Crippen LogP contribution in [0.1, 0.15) is 27.7 Å². The van der Waals surface area contributed by atoms with E-state index in [1.807, 2.05) is 12.4 Å². The van der Waals surface area contributed by atoms with Gasteiger partial charge in [-0.3, -0.25) is 4.99 Å². The molecule has 1 aliphatic carbocycles. The molecule has 20 heavy (non-hydrogen) atoms. The number of hydrogen-bond acceptors (Lipinski definition) is 2. The standard InChI is InChI=1S/C17H21N.CH4S/c1-16(2)8-6-5-7-14(11-16)15-12-17(3,4)9-10-18-13-15;1-2/h5-13H,1-4H3;2H,1H3. The lowest BCUT2D eigenvalue weighted by molar-refractivity contribution is 0.618. The molecule has 0 amide bonds. The molecule has 0 aromatic heterocycles. The number of rotatable bonds is 1. The maximum Gasteiger partial charge on any atom is 0.0343 e. The van der Waals surface area contributed by atoms with Crippen molar-refractivity contribution in [3.05, 3.63) is 59.9 Å². The number of hydrogen-bond donors (Lipinski definition) is 1. The molecule has 1 nitrogen and oxygen atoms in total. The Hall–Kier alpha value is -1.28. The van der Waals surface area contributed by atoms with Crippen molar-refractivity contribution < 1.29 is 0 Å². The lowest BCUT2D eigenvalue weighted by Crippen LogP contribution is -2.07. The Bertz CT molecular complexity index is 464. The normalized spacial score (nSPS) is 22.1. The van der Waals surface area contributed by atoms with Crippen molar-refractivity contribution >= 4 is 18.8 Å². The number of aliphatic imine (C=N–C) groups is 1. The Morgan fingerprint density at radius 2 is 1.45 bits per heavy atom. The minimum absolute atomic E-state index is 0.0460. The van der Waals surface area contributed by atoms with Gasteiger partial charge in [-0.25, -0.2) is 0 Å². The highest BCUT2D eigenvalue weighted by Gasteiger charge is 2.17. The first-order chi connectivity index (χ1) is 9.38. The lowest BCUT2D eigenvalue weighted by atomic mass is 9.86. The SMILES string of the molecule is CC1(C)C=CC=CC(C2=CC(C)(C)C=CN=C2)=C1.CS. The van der Waals surface area contributed by atoms with Crippen LogP contribution in [0.3, 0.4) is 0 Å². The van der Waals surface area contributed by atoms with E-state index in [2.05, 4.69) is 87.8 Å². The van der Waals surface area contributed by atoms with Crippen molar-refractivity contribution in [2.24, 2.45) is 15.8 Å². The zero-order valence-electron chi connectivity index (χ0n) is 13.1. The van der Waals surface area contributed by atoms with Gasteiger partial charge < -0.3 is 0 Å². The predicted molar refractivity (Wildman–Crippen MR) is 94.6 cm³/mol. The van der Waals surface area contributed by atoms with Gasteiger partial charge in [-0.05, 0) is 17.4 Å². The lowest BCUT2D eigenvalue weighted by Gasteiger charge is -2.18. The van der Waals surface area contributed by atoms with Gasteiger partial charge in [0.15, 0.2) is 0 Å². The van der Waals surface area contributed by atoms with E-state index >= 15 is 0 Å². The second-order valence-corrected chi connectivity index (χ2v) is 6.15. The van der Waals surface area contributed by atoms with E-state index in [0.717, 1.165) is 0 Å². The summed E-state index contributed by atoms with van der Waals surface area (Å²) in [6.45, 7) is 8.83. The molecule has 2 rings (SSSR count). The highest BCUT2D eigenvalue weighted by Crippen LogP contribution is 2.30. The average Bonchev–Trinajstić information content (AvgIpc) is 2.66. The van der Waals surface area contributed by atoms with Crippen molar-refractivity contribution in [3.63, 3.8) is 0 Å². The quantitative estimate of drug-likeness (QED) is 0.639. The third kappa shape index (κ3) is 5.01. The Labute approximate surface area is 129 Å². The molecular formula is C18H25NS. The summed E-state index contributed by atoms with van der Waals surface area (Å²) >= 11 is 3.53. The molecule has 0 spiro atoms. The van der Waals surface area contributed by atoms with Crippen molar-refractivity contribution in [1.29, 1.82) is 0 Å². The molecule has 2 aliphatic rings. The van der Waals surface area contributed by atoms with Gasteiger partial charge in [0.05, 0.1) is 0 Å². The van der Waals surface area contributed by atoms with Gasteiger partial charge in [-0.15, -0.1) is 0 Å². The summed E-state index contributed by atoms with van der Waals surface area (Å²) < 4.78 is 0. The molecule has 0 aromatic rings. The van der Waals surface area contributed by atoms with Crippen LogP contribution in [0.15, 0.2) is 64.9 Å². The molecule has 0 radical (unpaired) electrons. The molecule has 1 aliphatic heterocycles. The van der Waals surface area contributed by atoms with E-state index in [0.29, 0.717) is 0 Å². The van der Waals surface area contributed by atoms with Crippen molar-refractivity contribution in [2.45, 2.75) is 27.7 Å². The third-order valence-electron chi connectivity index (χ3n) is 3.10. The zero-order valence-corrected chi connectivity index (χ0v) is 14.0. The van der Waals surface area contributed by atoms with Crippen LogP contribution in [0.5, 0.6) is 0 Å². The van der Waals surface area contributed by atoms with Crippen molar-refractivity contribution in [3.8, 4) is 0 Å². The number of nitrogens with zero attached hydrogens (tertiary/aromatic N) is 1. The molecule has 0 atom stereocenters. The molecule has 2 heteroatoms. The maximum absolute atomic E-state index is 4.33. The van der Waals surface area contributed by atoms with Crippen LogP contribution in [0.2, 0.25) is 0 Å². The number of thiol groups is 1. The first kappa shape index (κ1) is 16.8. The average molecular weight is 287 g/mol. The first-order valence-corrected chi connectivity index (χ1v) is 7.75. The van der Waals surface area contributed by atoms with E-state index in [-0.39, 0.29) is 10.8 Å². The van der Waals surface area contributed by atoms with E-state index in [4.69, 9.17) is 0 Å². The van der Waals surface area contributed by atoms with Crippen LogP contribution in [-0.4, -0.2) is 12.5 Å². The molecule has 0 unspecified atom stereocenters. The molecule has 0 saturated heterocycles. The van der Waals surface area contributed by atoms with Gasteiger partial charge in [-0.1, -0.05) is 70.2 Å². The highest BCUT2D eigenvalue weighted by molar-refractivity contribution is 7.79. The van der Waals surface area contributed by atoms with Gasteiger partial charge in [0, 0.05) is 23.2 Å². The summed E-state index contributed by atoms with van der Waals surface area (Å²) in [6, 6.07) is 0. The summed E-state index contributed by atoms with van der Waals surface area (Å²) in [6.07, 6.45) is 20.8. The fraction of sp³-hybridized carbons (Fsp3) is 0.389. The van der Waals surface area contributed by atoms with Gasteiger partial charge in [0.2, 0.25) is 0 Å². The van der Waals surface area contributed by atoms with E-state index in [1.54, 1.807) is 6.26 Å². The second-order valence-electron chi connectivity index (χ2n) is 6.15. The monoisotopic (exact) mass is 287 g/mol. The Kier molecular flexibility index (Phi) is 5.82. The predicted octanol–water partition coefficient (Wildman–Crippen LogP) is 5.16. The Morgan fingerprint density at radius 3 is 2.15 bits per heavy atom. The van der Waals surface area contributed by atoms with Gasteiger partial charge in [-0.2, -0.15) is 12.6 Å². The van der Waals surface area contributed by atoms with Gasteiger partial charge in [0.1, 0.15) is 0 Å². The fourth-order valence-corrected chi connectivity index (χ4v) is 2.14. The van der Waals surface area contributed by atoms with Crippen LogP contribution in [0, 0.1) is 10.8 Å². The summed E-state index contributed by atoms with van der Waals surface area (Å²) in [5.41, 5.74) is 2.56. The van der Waals surface area contributed by atoms with E-state index in [1.165, 1.54) is 11.1 Å². The zero-order chi connectivity index (χ0) is 15.2. The molecule has 0 N–H and O–H groups in total. The smallest absolute Gasteiger partial charge is 0.0343 e. The second kappa shape index (κ2) is 6.94. The van der Waals surface area contributed by atoms with Crippen LogP contribution >= 0.6 is 12.6 Å². The summed E-state index contributed by atoms with van der Waals surface area (Å²) in [7, 11) is 0. The van der Waals surface area contributed by atoms with Crippen molar-refractivity contribution in [2.75, 3.05) is 6.26 Å². The number of allylic oxidation sites excluding steroid dienone is 9. The van der Waals surface area contributed by atoms with E-state index in [9.17, 15) is 0 Å². The summed E-state index contributed by atoms with van der Waals surface area (Å²) in [5, 5.41) is 0. The molecule has 0 fully saturated rings. The highest BCUT2D eigenvalue weighted by atomic mass is 32.1. The van der Waals surface area contributed by atoms with Gasteiger partial charge >= 0.3 is 0 Å². The van der Waals surface area contributed by atoms with Crippen molar-refractivity contribution in [1.82, 2.24) is 0 Å². The minimum Gasteiger partial charge on any atom is -0.264 e. The molecular weight excluding hydrogens is 262 g/mol. The third-order valence-corrected chi connectivity index (χ3v) is 3.10. The van der Waals surface area contributed by atoms with Crippen LogP contribution in [0.25, 0.3) is 0 Å². The maximum atomic E-state index is 4.33. The fourth-order valence-electron chi connectivity index (χ4n) is 2.14. The molecule has 108 valence electrons. The van der Waals surface area contributed by atoms with E-state index < -0.39 is 0 Å².